The fourth-order valence-electron chi connectivity index (χ4n) is 0.545. The van der Waals surface area contributed by atoms with Crippen LogP contribution < -0.4 is 0 Å². The first-order chi connectivity index (χ1) is 5.34. The minimum Gasteiger partial charge on any atom is -0.245 e. The van der Waals surface area contributed by atoms with E-state index in [1.165, 1.54) is 27.3 Å². The molecule has 11 heavy (non-hydrogen) atoms. The van der Waals surface area contributed by atoms with Crippen molar-refractivity contribution in [3.63, 3.8) is 0 Å². The predicted molar refractivity (Wildman–Crippen MR) is 52.7 cm³/mol. The highest BCUT2D eigenvalue weighted by Crippen LogP contribution is 2.08. The van der Waals surface area contributed by atoms with Gasteiger partial charge in [0.2, 0.25) is 0 Å². The largest absolute Gasteiger partial charge is 0.245 e. The van der Waals surface area contributed by atoms with Crippen LogP contribution in [0.25, 0.3) is 0 Å². The summed E-state index contributed by atoms with van der Waals surface area (Å²) in [4.78, 5) is 3.75. The van der Waals surface area contributed by atoms with Gasteiger partial charge in [-0.3, -0.25) is 0 Å². The van der Waals surface area contributed by atoms with Crippen LogP contribution in [0.15, 0.2) is 18.3 Å². The number of aromatic nitrogens is 1. The first-order valence-corrected chi connectivity index (χ1v) is 6.09. The molecule has 1 heterocycles. The van der Waals surface area contributed by atoms with Gasteiger partial charge in [0.25, 0.3) is 0 Å². The Morgan fingerprint density at radius 1 is 1.64 bits per heavy atom. The maximum Gasteiger partial charge on any atom is 0.157 e. The molecule has 1 aromatic heterocycles. The monoisotopic (exact) mass is 279 g/mol. The summed E-state index contributed by atoms with van der Waals surface area (Å²) in [5, 5.41) is 2.66. The summed E-state index contributed by atoms with van der Waals surface area (Å²) in [6, 6.07) is 2.88. The summed E-state index contributed by atoms with van der Waals surface area (Å²) in [5.74, 6) is 2.21. The fourth-order valence-corrected chi connectivity index (χ4v) is 1.01. The smallest absolute Gasteiger partial charge is 0.157 e. The lowest BCUT2D eigenvalue weighted by molar-refractivity contribution is 0.617. The van der Waals surface area contributed by atoms with Crippen LogP contribution in [0.3, 0.4) is 0 Å². The molecular weight excluding hydrogens is 276 g/mol. The van der Waals surface area contributed by atoms with Crippen LogP contribution in [-0.4, -0.2) is 4.98 Å². The molecule has 1 nitrogen and oxygen atoms in total. The van der Waals surface area contributed by atoms with Crippen molar-refractivity contribution in [2.75, 3.05) is 0 Å². The van der Waals surface area contributed by atoms with E-state index in [0.29, 0.717) is 0 Å². The minimum absolute atomic E-state index is 0.205. The van der Waals surface area contributed by atoms with E-state index in [9.17, 15) is 4.39 Å². The van der Waals surface area contributed by atoms with Gasteiger partial charge in [0, 0.05) is 27.4 Å². The van der Waals surface area contributed by atoms with Crippen LogP contribution in [-0.2, 0) is 0 Å². The zero-order chi connectivity index (χ0) is 8.10. The third-order valence-electron chi connectivity index (χ3n) is 0.966. The number of nitrogens with zero attached hydrogens (tertiary/aromatic N) is 1. The van der Waals surface area contributed by atoms with E-state index >= 15 is 0 Å². The second-order valence-electron chi connectivity index (χ2n) is 1.64. The van der Waals surface area contributed by atoms with Crippen molar-refractivity contribution in [2.45, 2.75) is 0 Å². The van der Waals surface area contributed by atoms with Gasteiger partial charge in [0.05, 0.1) is 0 Å². The van der Waals surface area contributed by atoms with Crippen LogP contribution in [0.5, 0.6) is 0 Å². The van der Waals surface area contributed by atoms with Gasteiger partial charge in [-0.2, -0.15) is 0 Å². The lowest BCUT2D eigenvalue weighted by atomic mass is 10.3. The number of rotatable bonds is 0. The third-order valence-corrected chi connectivity index (χ3v) is 1.81. The molecule has 1 rings (SSSR count). The lowest BCUT2D eigenvalue weighted by Gasteiger charge is -1.88. The predicted octanol–water partition coefficient (Wildman–Crippen LogP) is 2.61. The Hall–Kier alpha value is -0.280. The Kier molecular flexibility index (Phi) is 3.66. The lowest BCUT2D eigenvalue weighted by Crippen LogP contribution is -1.85. The highest BCUT2D eigenvalue weighted by Gasteiger charge is 1.95. The van der Waals surface area contributed by atoms with Gasteiger partial charge >= 0.3 is 0 Å². The summed E-state index contributed by atoms with van der Waals surface area (Å²) in [6.45, 7) is 0. The van der Waals surface area contributed by atoms with E-state index in [0.717, 1.165) is 0 Å². The molecule has 0 N–H and O–H groups in total. The molecule has 0 radical (unpaired) electrons. The van der Waals surface area contributed by atoms with E-state index < -0.39 is 0 Å². The quantitative estimate of drug-likeness (QED) is 0.535. The molecule has 0 spiro atoms. The summed E-state index contributed by atoms with van der Waals surface area (Å²) >= 11 is 2.02. The number of halogens is 2. The molecule has 0 saturated carbocycles. The van der Waals surface area contributed by atoms with Gasteiger partial charge in [0.15, 0.2) is 5.82 Å². The van der Waals surface area contributed by atoms with Gasteiger partial charge in [-0.1, -0.05) is 0 Å². The van der Waals surface area contributed by atoms with Gasteiger partial charge < -0.3 is 0 Å². The molecule has 0 saturated heterocycles. The maximum absolute atomic E-state index is 12.7. The zero-order valence-electron chi connectivity index (χ0n) is 5.34. The average Bonchev–Trinajstić information content (AvgIpc) is 2.03. The number of hydrogen-bond acceptors (Lipinski definition) is 2. The molecule has 0 aliphatic carbocycles. The first-order valence-electron chi connectivity index (χ1n) is 2.73. The van der Waals surface area contributed by atoms with E-state index in [1.807, 2.05) is 21.2 Å². The van der Waals surface area contributed by atoms with Crippen molar-refractivity contribution in [1.82, 2.24) is 4.98 Å². The second kappa shape index (κ2) is 4.57. The molecule has 0 unspecified atom stereocenters. The molecule has 56 valence electrons. The zero-order valence-corrected chi connectivity index (χ0v) is 8.32. The maximum atomic E-state index is 12.7. The van der Waals surface area contributed by atoms with Crippen LogP contribution in [0.1, 0.15) is 5.69 Å². The summed E-state index contributed by atoms with van der Waals surface area (Å²) < 4.78 is 12.7. The molecule has 1 aromatic rings. The highest BCUT2D eigenvalue weighted by atomic mass is 127. The van der Waals surface area contributed by atoms with Gasteiger partial charge in [0.1, 0.15) is 5.69 Å². The standard InChI is InChI=1S/C7H3FINS/c8-6-2-1-4-10-7(6)3-5-11-9/h1-2,4H. The Labute approximate surface area is 80.4 Å². The Morgan fingerprint density at radius 2 is 2.45 bits per heavy atom. The van der Waals surface area contributed by atoms with Gasteiger partial charge in [-0.15, -0.1) is 0 Å². The number of hydrogen-bond donors (Lipinski definition) is 0. The molecule has 0 fully saturated rings. The van der Waals surface area contributed by atoms with Crippen LogP contribution >= 0.6 is 30.1 Å². The van der Waals surface area contributed by atoms with E-state index in [1.54, 1.807) is 0 Å². The Morgan fingerprint density at radius 3 is 3.09 bits per heavy atom. The number of pyridine rings is 1. The summed E-state index contributed by atoms with van der Waals surface area (Å²) in [7, 11) is 1.31. The molecule has 4 heteroatoms. The Balaban J connectivity index is 2.95. The van der Waals surface area contributed by atoms with E-state index in [-0.39, 0.29) is 11.5 Å². The van der Waals surface area contributed by atoms with Crippen molar-refractivity contribution in [3.05, 3.63) is 29.8 Å². The molecule has 0 atom stereocenters. The molecule has 0 aliphatic rings. The van der Waals surface area contributed by atoms with Crippen LogP contribution in [0.2, 0.25) is 0 Å². The van der Waals surface area contributed by atoms with Crippen LogP contribution in [0.4, 0.5) is 4.39 Å². The molecular formula is C7H3FINS. The van der Waals surface area contributed by atoms with Crippen molar-refractivity contribution in [2.24, 2.45) is 0 Å². The van der Waals surface area contributed by atoms with Crippen LogP contribution in [0, 0.1) is 17.0 Å². The fraction of sp³-hybridized carbons (Fsp3) is 0. The minimum atomic E-state index is -0.370. The second-order valence-corrected chi connectivity index (χ2v) is 3.32. The highest BCUT2D eigenvalue weighted by molar-refractivity contribution is 14.2. The molecule has 0 bridgehead atoms. The molecule has 0 amide bonds. The van der Waals surface area contributed by atoms with E-state index in [2.05, 4.69) is 16.2 Å². The van der Waals surface area contributed by atoms with Gasteiger partial charge in [-0.05, 0) is 32.2 Å². The summed E-state index contributed by atoms with van der Waals surface area (Å²) in [6.07, 6.45) is 1.52. The average molecular weight is 279 g/mol. The topological polar surface area (TPSA) is 12.9 Å². The third kappa shape index (κ3) is 2.67. The van der Waals surface area contributed by atoms with Crippen molar-refractivity contribution < 1.29 is 4.39 Å². The Bertz CT molecular complexity index is 305. The molecule has 0 aromatic carbocycles. The normalized spacial score (nSPS) is 8.55. The van der Waals surface area contributed by atoms with E-state index in [4.69, 9.17) is 0 Å². The summed E-state index contributed by atoms with van der Waals surface area (Å²) in [5.41, 5.74) is 0.205. The van der Waals surface area contributed by atoms with Crippen molar-refractivity contribution in [3.8, 4) is 11.2 Å². The molecule has 0 aliphatic heterocycles. The van der Waals surface area contributed by atoms with Crippen molar-refractivity contribution in [1.29, 1.82) is 0 Å². The first kappa shape index (κ1) is 8.81. The SMILES string of the molecule is Fc1cccnc1C#CSI. The van der Waals surface area contributed by atoms with Crippen molar-refractivity contribution >= 4 is 30.1 Å². The van der Waals surface area contributed by atoms with Gasteiger partial charge in [-0.25, -0.2) is 9.37 Å².